The Kier molecular flexibility index (Phi) is 10.4. The molecular formula is C17H28IN5O3. The zero-order valence-electron chi connectivity index (χ0n) is 15.3. The van der Waals surface area contributed by atoms with E-state index in [2.05, 4.69) is 34.4 Å². The Morgan fingerprint density at radius 3 is 2.54 bits per heavy atom. The van der Waals surface area contributed by atoms with Crippen molar-refractivity contribution in [2.75, 3.05) is 39.4 Å². The number of hydrogen-bond donors (Lipinski definition) is 2. The van der Waals surface area contributed by atoms with Gasteiger partial charge >= 0.3 is 0 Å². The Morgan fingerprint density at radius 2 is 1.96 bits per heavy atom. The molecule has 9 heteroatoms. The van der Waals surface area contributed by atoms with Crippen molar-refractivity contribution in [2.45, 2.75) is 26.4 Å². The Labute approximate surface area is 171 Å². The third kappa shape index (κ3) is 8.28. The lowest BCUT2D eigenvalue weighted by atomic mass is 10.2. The zero-order valence-corrected chi connectivity index (χ0v) is 17.6. The topological polar surface area (TPSA) is 92.0 Å². The fourth-order valence-corrected chi connectivity index (χ4v) is 2.48. The molecule has 1 fully saturated rings. The first-order valence-corrected chi connectivity index (χ1v) is 8.63. The summed E-state index contributed by atoms with van der Waals surface area (Å²) in [5.74, 6) is 0.751. The van der Waals surface area contributed by atoms with E-state index in [0.29, 0.717) is 6.54 Å². The van der Waals surface area contributed by atoms with E-state index in [9.17, 15) is 10.1 Å². The number of morpholine rings is 1. The van der Waals surface area contributed by atoms with Gasteiger partial charge in [-0.3, -0.25) is 15.0 Å². The first kappa shape index (κ1) is 22.6. The van der Waals surface area contributed by atoms with Crippen LogP contribution >= 0.6 is 24.0 Å². The molecule has 1 aromatic carbocycles. The first-order chi connectivity index (χ1) is 12.0. The lowest BCUT2D eigenvalue weighted by molar-refractivity contribution is -0.384. The maximum absolute atomic E-state index is 10.7. The summed E-state index contributed by atoms with van der Waals surface area (Å²) in [7, 11) is 0. The van der Waals surface area contributed by atoms with Gasteiger partial charge in [-0.15, -0.1) is 24.0 Å². The summed E-state index contributed by atoms with van der Waals surface area (Å²) in [6.45, 7) is 9.87. The molecule has 0 bridgehead atoms. The number of guanidine groups is 1. The maximum Gasteiger partial charge on any atom is 0.269 e. The molecule has 0 unspecified atom stereocenters. The lowest BCUT2D eigenvalue weighted by Crippen LogP contribution is -2.46. The maximum atomic E-state index is 10.7. The van der Waals surface area contributed by atoms with Crippen molar-refractivity contribution < 1.29 is 9.66 Å². The molecule has 0 amide bonds. The van der Waals surface area contributed by atoms with Gasteiger partial charge in [-0.05, 0) is 19.4 Å². The highest BCUT2D eigenvalue weighted by Gasteiger charge is 2.10. The van der Waals surface area contributed by atoms with Crippen LogP contribution < -0.4 is 10.6 Å². The lowest BCUT2D eigenvalue weighted by Gasteiger charge is -2.27. The van der Waals surface area contributed by atoms with E-state index in [-0.39, 0.29) is 35.7 Å². The van der Waals surface area contributed by atoms with Gasteiger partial charge in [-0.2, -0.15) is 0 Å². The van der Waals surface area contributed by atoms with Gasteiger partial charge in [0.15, 0.2) is 5.96 Å². The second-order valence-corrected chi connectivity index (χ2v) is 6.27. The summed E-state index contributed by atoms with van der Waals surface area (Å²) in [4.78, 5) is 17.2. The molecule has 0 spiro atoms. The molecular weight excluding hydrogens is 449 g/mol. The normalized spacial score (nSPS) is 15.4. The molecule has 1 aliphatic heterocycles. The van der Waals surface area contributed by atoms with Crippen LogP contribution in [0.25, 0.3) is 0 Å². The van der Waals surface area contributed by atoms with E-state index in [1.807, 2.05) is 0 Å². The van der Waals surface area contributed by atoms with Crippen molar-refractivity contribution in [1.29, 1.82) is 0 Å². The quantitative estimate of drug-likeness (QED) is 0.205. The fraction of sp³-hybridized carbons (Fsp3) is 0.588. The molecule has 146 valence electrons. The van der Waals surface area contributed by atoms with Crippen LogP contribution in [0.2, 0.25) is 0 Å². The van der Waals surface area contributed by atoms with Crippen LogP contribution in [0.5, 0.6) is 0 Å². The number of rotatable bonds is 7. The van der Waals surface area contributed by atoms with Gasteiger partial charge in [0, 0.05) is 44.4 Å². The van der Waals surface area contributed by atoms with Crippen LogP contribution in [0.15, 0.2) is 29.3 Å². The molecule has 0 radical (unpaired) electrons. The van der Waals surface area contributed by atoms with Crippen molar-refractivity contribution >= 4 is 35.6 Å². The number of ether oxygens (including phenoxy) is 1. The SMILES string of the molecule is CC(C)NC(=NCc1ccc([N+](=O)[O-])cc1)NCCN1CCOCC1.I. The largest absolute Gasteiger partial charge is 0.379 e. The Hall–Kier alpha value is -1.46. The fourth-order valence-electron chi connectivity index (χ4n) is 2.48. The molecule has 0 saturated carbocycles. The number of hydrogen-bond acceptors (Lipinski definition) is 5. The van der Waals surface area contributed by atoms with Gasteiger partial charge in [0.25, 0.3) is 5.69 Å². The van der Waals surface area contributed by atoms with Crippen LogP contribution in [-0.4, -0.2) is 61.2 Å². The van der Waals surface area contributed by atoms with E-state index in [1.165, 1.54) is 12.1 Å². The molecule has 1 heterocycles. The number of nitrogens with zero attached hydrogens (tertiary/aromatic N) is 3. The minimum Gasteiger partial charge on any atom is -0.379 e. The molecule has 8 nitrogen and oxygen atoms in total. The minimum atomic E-state index is -0.397. The molecule has 1 aliphatic rings. The van der Waals surface area contributed by atoms with E-state index < -0.39 is 4.92 Å². The molecule has 1 saturated heterocycles. The number of nitro benzene ring substituents is 1. The third-order valence-electron chi connectivity index (χ3n) is 3.82. The van der Waals surface area contributed by atoms with Gasteiger partial charge in [-0.1, -0.05) is 12.1 Å². The van der Waals surface area contributed by atoms with Crippen molar-refractivity contribution in [2.24, 2.45) is 4.99 Å². The molecule has 2 N–H and O–H groups in total. The van der Waals surface area contributed by atoms with Crippen molar-refractivity contribution in [3.63, 3.8) is 0 Å². The predicted molar refractivity (Wildman–Crippen MR) is 113 cm³/mol. The summed E-state index contributed by atoms with van der Waals surface area (Å²) in [5.41, 5.74) is 1.03. The molecule has 0 atom stereocenters. The van der Waals surface area contributed by atoms with Crippen molar-refractivity contribution in [3.05, 3.63) is 39.9 Å². The highest BCUT2D eigenvalue weighted by Crippen LogP contribution is 2.12. The second kappa shape index (κ2) is 12.0. The summed E-state index contributed by atoms with van der Waals surface area (Å²) in [5, 5.41) is 17.3. The smallest absolute Gasteiger partial charge is 0.269 e. The zero-order chi connectivity index (χ0) is 18.1. The first-order valence-electron chi connectivity index (χ1n) is 8.63. The van der Waals surface area contributed by atoms with Gasteiger partial charge in [0.05, 0.1) is 24.7 Å². The highest BCUT2D eigenvalue weighted by atomic mass is 127. The molecule has 26 heavy (non-hydrogen) atoms. The Balaban J connectivity index is 0.00000338. The van der Waals surface area contributed by atoms with E-state index in [0.717, 1.165) is 50.9 Å². The molecule has 2 rings (SSSR count). The van der Waals surface area contributed by atoms with Gasteiger partial charge in [0.2, 0.25) is 0 Å². The number of nitro groups is 1. The van der Waals surface area contributed by atoms with Crippen LogP contribution in [0.3, 0.4) is 0 Å². The predicted octanol–water partition coefficient (Wildman–Crippen LogP) is 1.99. The Bertz CT molecular complexity index is 574. The van der Waals surface area contributed by atoms with Crippen LogP contribution in [0.1, 0.15) is 19.4 Å². The van der Waals surface area contributed by atoms with Crippen molar-refractivity contribution in [3.8, 4) is 0 Å². The summed E-state index contributed by atoms with van der Waals surface area (Å²) >= 11 is 0. The van der Waals surface area contributed by atoms with Crippen LogP contribution in [0.4, 0.5) is 5.69 Å². The third-order valence-corrected chi connectivity index (χ3v) is 3.82. The number of aliphatic imine (C=N–C) groups is 1. The molecule has 1 aromatic rings. The van der Waals surface area contributed by atoms with Gasteiger partial charge in [-0.25, -0.2) is 4.99 Å². The molecule has 0 aromatic heterocycles. The average molecular weight is 477 g/mol. The van der Waals surface area contributed by atoms with E-state index >= 15 is 0 Å². The standard InChI is InChI=1S/C17H27N5O3.HI/c1-14(2)20-17(18-7-8-21-9-11-25-12-10-21)19-13-15-3-5-16(6-4-15)22(23)24;/h3-6,14H,7-13H2,1-2H3,(H2,18,19,20);1H. The van der Waals surface area contributed by atoms with Gasteiger partial charge in [0.1, 0.15) is 0 Å². The van der Waals surface area contributed by atoms with Crippen molar-refractivity contribution in [1.82, 2.24) is 15.5 Å². The number of nitrogens with one attached hydrogen (secondary N) is 2. The number of halogens is 1. The second-order valence-electron chi connectivity index (χ2n) is 6.27. The molecule has 0 aliphatic carbocycles. The summed E-state index contributed by atoms with van der Waals surface area (Å²) in [6.07, 6.45) is 0. The number of benzene rings is 1. The Morgan fingerprint density at radius 1 is 1.31 bits per heavy atom. The van der Waals surface area contributed by atoms with Gasteiger partial charge < -0.3 is 15.4 Å². The van der Waals surface area contributed by atoms with E-state index in [1.54, 1.807) is 12.1 Å². The summed E-state index contributed by atoms with van der Waals surface area (Å²) < 4.78 is 5.35. The highest BCUT2D eigenvalue weighted by molar-refractivity contribution is 14.0. The minimum absolute atomic E-state index is 0. The van der Waals surface area contributed by atoms with E-state index in [4.69, 9.17) is 4.74 Å². The average Bonchev–Trinajstić information content (AvgIpc) is 2.60. The van der Waals surface area contributed by atoms with Crippen LogP contribution in [-0.2, 0) is 11.3 Å². The number of non-ortho nitro benzene ring substituents is 1. The van der Waals surface area contributed by atoms with Crippen LogP contribution in [0, 0.1) is 10.1 Å². The summed E-state index contributed by atoms with van der Waals surface area (Å²) in [6, 6.07) is 6.76. The monoisotopic (exact) mass is 477 g/mol.